The highest BCUT2D eigenvalue weighted by atomic mass is 16.1. The Kier molecular flexibility index (Phi) is 4.35. The summed E-state index contributed by atoms with van der Waals surface area (Å²) in [6.45, 7) is 6.42. The summed E-state index contributed by atoms with van der Waals surface area (Å²) < 4.78 is 0. The fourth-order valence-corrected chi connectivity index (χ4v) is 2.18. The Labute approximate surface area is 98.2 Å². The molecule has 0 saturated heterocycles. The Bertz CT molecular complexity index is 281. The molecular formula is C13H22N2O. The van der Waals surface area contributed by atoms with Crippen LogP contribution in [0.1, 0.15) is 52.9 Å². The predicted molar refractivity (Wildman–Crippen MR) is 63.6 cm³/mol. The van der Waals surface area contributed by atoms with E-state index in [4.69, 9.17) is 5.26 Å². The highest BCUT2D eigenvalue weighted by molar-refractivity contribution is 5.81. The number of amides is 1. The largest absolute Gasteiger partial charge is 0.352 e. The molecule has 3 nitrogen and oxygen atoms in total. The lowest BCUT2D eigenvalue weighted by atomic mass is 9.75. The molecule has 1 aliphatic rings. The van der Waals surface area contributed by atoms with E-state index in [1.54, 1.807) is 0 Å². The summed E-state index contributed by atoms with van der Waals surface area (Å²) in [4.78, 5) is 11.7. The fourth-order valence-electron chi connectivity index (χ4n) is 2.18. The second-order valence-electron chi connectivity index (χ2n) is 5.54. The van der Waals surface area contributed by atoms with Crippen LogP contribution in [0.2, 0.25) is 0 Å². The van der Waals surface area contributed by atoms with Crippen LogP contribution in [-0.2, 0) is 4.79 Å². The summed E-state index contributed by atoms with van der Waals surface area (Å²) in [5.74, 6) is -0.565. The second-order valence-corrected chi connectivity index (χ2v) is 5.54. The first-order valence-electron chi connectivity index (χ1n) is 6.18. The SMILES string of the molecule is CCC(C#N)C(=O)NC1CCC(C)(C)CC1. The Morgan fingerprint density at radius 2 is 2.06 bits per heavy atom. The number of nitriles is 1. The molecule has 1 saturated carbocycles. The Hall–Kier alpha value is -1.04. The number of carbonyl (C=O) groups excluding carboxylic acids is 1. The summed E-state index contributed by atoms with van der Waals surface area (Å²) in [7, 11) is 0. The molecule has 0 aromatic carbocycles. The van der Waals surface area contributed by atoms with Gasteiger partial charge in [-0.3, -0.25) is 4.79 Å². The number of nitrogens with zero attached hydrogens (tertiary/aromatic N) is 1. The second kappa shape index (κ2) is 5.34. The van der Waals surface area contributed by atoms with E-state index in [1.807, 2.05) is 13.0 Å². The van der Waals surface area contributed by atoms with E-state index in [0.717, 1.165) is 25.7 Å². The van der Waals surface area contributed by atoms with Crippen molar-refractivity contribution in [2.75, 3.05) is 0 Å². The van der Waals surface area contributed by atoms with Crippen LogP contribution < -0.4 is 5.32 Å². The zero-order chi connectivity index (χ0) is 12.2. The van der Waals surface area contributed by atoms with E-state index < -0.39 is 5.92 Å². The number of rotatable bonds is 3. The minimum absolute atomic E-state index is 0.0882. The third-order valence-corrected chi connectivity index (χ3v) is 3.57. The molecule has 1 unspecified atom stereocenters. The van der Waals surface area contributed by atoms with Crippen LogP contribution >= 0.6 is 0 Å². The zero-order valence-corrected chi connectivity index (χ0v) is 10.5. The van der Waals surface area contributed by atoms with E-state index in [-0.39, 0.29) is 11.9 Å². The first kappa shape index (κ1) is 13.0. The quantitative estimate of drug-likeness (QED) is 0.798. The van der Waals surface area contributed by atoms with Crippen LogP contribution in [0.25, 0.3) is 0 Å². The maximum Gasteiger partial charge on any atom is 0.237 e. The average molecular weight is 222 g/mol. The molecule has 3 heteroatoms. The summed E-state index contributed by atoms with van der Waals surface area (Å²) in [6, 6.07) is 2.33. The molecule has 0 aromatic heterocycles. The fraction of sp³-hybridized carbons (Fsp3) is 0.846. The average Bonchev–Trinajstić information content (AvgIpc) is 2.23. The van der Waals surface area contributed by atoms with Crippen LogP contribution in [0.15, 0.2) is 0 Å². The predicted octanol–water partition coefficient (Wildman–Crippen LogP) is 2.62. The van der Waals surface area contributed by atoms with Gasteiger partial charge in [0.25, 0.3) is 0 Å². The highest BCUT2D eigenvalue weighted by Crippen LogP contribution is 2.35. The molecule has 1 amide bonds. The molecule has 1 rings (SSSR count). The van der Waals surface area contributed by atoms with Crippen molar-refractivity contribution in [3.63, 3.8) is 0 Å². The number of nitrogens with one attached hydrogen (secondary N) is 1. The lowest BCUT2D eigenvalue weighted by Crippen LogP contribution is -2.41. The molecule has 1 N–H and O–H groups in total. The lowest BCUT2D eigenvalue weighted by molar-refractivity contribution is -0.124. The van der Waals surface area contributed by atoms with E-state index in [0.29, 0.717) is 11.8 Å². The number of hydrogen-bond acceptors (Lipinski definition) is 2. The topological polar surface area (TPSA) is 52.9 Å². The van der Waals surface area contributed by atoms with Gasteiger partial charge in [-0.15, -0.1) is 0 Å². The molecule has 0 radical (unpaired) electrons. The van der Waals surface area contributed by atoms with Crippen molar-refractivity contribution in [1.82, 2.24) is 5.32 Å². The van der Waals surface area contributed by atoms with Crippen molar-refractivity contribution in [3.8, 4) is 6.07 Å². The molecule has 90 valence electrons. The van der Waals surface area contributed by atoms with Crippen molar-refractivity contribution in [2.45, 2.75) is 58.9 Å². The normalized spacial score (nSPS) is 22.1. The summed E-state index contributed by atoms with van der Waals surface area (Å²) in [5.41, 5.74) is 0.417. The maximum atomic E-state index is 11.7. The molecule has 1 atom stereocenters. The standard InChI is InChI=1S/C13H22N2O/c1-4-10(9-14)12(16)15-11-5-7-13(2,3)8-6-11/h10-11H,4-8H2,1-3H3,(H,15,16). The van der Waals surface area contributed by atoms with Gasteiger partial charge in [0.05, 0.1) is 6.07 Å². The van der Waals surface area contributed by atoms with Gasteiger partial charge >= 0.3 is 0 Å². The first-order chi connectivity index (χ1) is 7.48. The van der Waals surface area contributed by atoms with Gasteiger partial charge in [0.2, 0.25) is 5.91 Å². The van der Waals surface area contributed by atoms with Gasteiger partial charge in [0, 0.05) is 6.04 Å². The summed E-state index contributed by atoms with van der Waals surface area (Å²) in [5, 5.41) is 11.8. The highest BCUT2D eigenvalue weighted by Gasteiger charge is 2.28. The van der Waals surface area contributed by atoms with Gasteiger partial charge in [-0.2, -0.15) is 5.26 Å². The van der Waals surface area contributed by atoms with E-state index in [2.05, 4.69) is 19.2 Å². The number of carbonyl (C=O) groups is 1. The van der Waals surface area contributed by atoms with Gasteiger partial charge in [0.1, 0.15) is 5.92 Å². The molecular weight excluding hydrogens is 200 g/mol. The summed E-state index contributed by atoms with van der Waals surface area (Å²) >= 11 is 0. The minimum atomic E-state index is -0.477. The van der Waals surface area contributed by atoms with Crippen molar-refractivity contribution in [1.29, 1.82) is 5.26 Å². The molecule has 0 bridgehead atoms. The van der Waals surface area contributed by atoms with E-state index >= 15 is 0 Å². The van der Waals surface area contributed by atoms with Crippen LogP contribution in [0.3, 0.4) is 0 Å². The van der Waals surface area contributed by atoms with Crippen molar-refractivity contribution in [3.05, 3.63) is 0 Å². The molecule has 0 heterocycles. The molecule has 0 aromatic rings. The van der Waals surface area contributed by atoms with Crippen LogP contribution in [0.4, 0.5) is 0 Å². The first-order valence-corrected chi connectivity index (χ1v) is 6.18. The van der Waals surface area contributed by atoms with Gasteiger partial charge in [-0.25, -0.2) is 0 Å². The molecule has 1 aliphatic carbocycles. The van der Waals surface area contributed by atoms with Crippen molar-refractivity contribution < 1.29 is 4.79 Å². The van der Waals surface area contributed by atoms with Crippen LogP contribution in [0.5, 0.6) is 0 Å². The number of hydrogen-bond donors (Lipinski definition) is 1. The van der Waals surface area contributed by atoms with Gasteiger partial charge in [0.15, 0.2) is 0 Å². The van der Waals surface area contributed by atoms with Gasteiger partial charge in [-0.1, -0.05) is 20.8 Å². The minimum Gasteiger partial charge on any atom is -0.352 e. The molecule has 16 heavy (non-hydrogen) atoms. The Balaban J connectivity index is 2.40. The van der Waals surface area contributed by atoms with E-state index in [9.17, 15) is 4.79 Å². The van der Waals surface area contributed by atoms with Crippen LogP contribution in [-0.4, -0.2) is 11.9 Å². The molecule has 0 aliphatic heterocycles. The third-order valence-electron chi connectivity index (χ3n) is 3.57. The van der Waals surface area contributed by atoms with Gasteiger partial charge in [-0.05, 0) is 37.5 Å². The molecule has 1 fully saturated rings. The zero-order valence-electron chi connectivity index (χ0n) is 10.5. The van der Waals surface area contributed by atoms with Crippen molar-refractivity contribution in [2.24, 2.45) is 11.3 Å². The Morgan fingerprint density at radius 3 is 2.50 bits per heavy atom. The van der Waals surface area contributed by atoms with Crippen LogP contribution in [0, 0.1) is 22.7 Å². The monoisotopic (exact) mass is 222 g/mol. The lowest BCUT2D eigenvalue weighted by Gasteiger charge is -2.34. The van der Waals surface area contributed by atoms with Crippen molar-refractivity contribution >= 4 is 5.91 Å². The third kappa shape index (κ3) is 3.52. The molecule has 0 spiro atoms. The maximum absolute atomic E-state index is 11.7. The Morgan fingerprint density at radius 1 is 1.50 bits per heavy atom. The van der Waals surface area contributed by atoms with Gasteiger partial charge < -0.3 is 5.32 Å². The smallest absolute Gasteiger partial charge is 0.237 e. The van der Waals surface area contributed by atoms with E-state index in [1.165, 1.54) is 0 Å². The summed E-state index contributed by atoms with van der Waals surface area (Å²) in [6.07, 6.45) is 4.99.